The number of nitrogens with two attached hydrogens (primary N) is 1. The first kappa shape index (κ1) is 15.1. The molecule has 0 spiro atoms. The van der Waals surface area contributed by atoms with Gasteiger partial charge in [-0.25, -0.2) is 0 Å². The van der Waals surface area contributed by atoms with E-state index in [2.05, 4.69) is 6.92 Å². The van der Waals surface area contributed by atoms with Crippen molar-refractivity contribution in [2.24, 2.45) is 5.73 Å². The van der Waals surface area contributed by atoms with Crippen molar-refractivity contribution < 1.29 is 4.79 Å². The van der Waals surface area contributed by atoms with Crippen molar-refractivity contribution in [3.63, 3.8) is 0 Å². The van der Waals surface area contributed by atoms with Crippen LogP contribution in [0.15, 0.2) is 0 Å². The van der Waals surface area contributed by atoms with Crippen LogP contribution in [0.5, 0.6) is 0 Å². The summed E-state index contributed by atoms with van der Waals surface area (Å²) < 4.78 is 0. The van der Waals surface area contributed by atoms with Gasteiger partial charge in [0.15, 0.2) is 0 Å². The van der Waals surface area contributed by atoms with Gasteiger partial charge in [-0.15, -0.1) is 12.4 Å². The summed E-state index contributed by atoms with van der Waals surface area (Å²) in [6, 6.07) is 0. The summed E-state index contributed by atoms with van der Waals surface area (Å²) in [6.07, 6.45) is 5.22. The number of rotatable bonds is 1. The fourth-order valence-electron chi connectivity index (χ4n) is 2.71. The predicted molar refractivity (Wildman–Crippen MR) is 75.8 cm³/mol. The summed E-state index contributed by atoms with van der Waals surface area (Å²) in [5.74, 6) is 1.27. The van der Waals surface area contributed by atoms with Crippen molar-refractivity contribution in [3.8, 4) is 0 Å². The zero-order valence-electron chi connectivity index (χ0n) is 10.5. The van der Waals surface area contributed by atoms with Gasteiger partial charge < -0.3 is 10.6 Å². The van der Waals surface area contributed by atoms with Gasteiger partial charge in [0.2, 0.25) is 5.91 Å². The maximum atomic E-state index is 12.4. The number of amides is 1. The monoisotopic (exact) mass is 278 g/mol. The molecular formula is C12H23ClN2OS. The van der Waals surface area contributed by atoms with Crippen molar-refractivity contribution >= 4 is 30.1 Å². The molecule has 2 N–H and O–H groups in total. The maximum Gasteiger partial charge on any atom is 0.242 e. The van der Waals surface area contributed by atoms with Crippen LogP contribution >= 0.6 is 24.2 Å². The van der Waals surface area contributed by atoms with E-state index in [9.17, 15) is 4.79 Å². The molecule has 1 atom stereocenters. The fraction of sp³-hybridized carbons (Fsp3) is 0.917. The highest BCUT2D eigenvalue weighted by Gasteiger charge is 2.39. The second-order valence-electron chi connectivity index (χ2n) is 5.15. The Morgan fingerprint density at radius 1 is 1.35 bits per heavy atom. The third-order valence-electron chi connectivity index (χ3n) is 3.70. The van der Waals surface area contributed by atoms with Gasteiger partial charge in [-0.05, 0) is 12.8 Å². The van der Waals surface area contributed by atoms with Crippen LogP contribution in [0.3, 0.4) is 0 Å². The van der Waals surface area contributed by atoms with E-state index in [1.165, 1.54) is 6.42 Å². The first-order valence-electron chi connectivity index (χ1n) is 6.32. The summed E-state index contributed by atoms with van der Waals surface area (Å²) in [7, 11) is 0. The first-order chi connectivity index (χ1) is 7.62. The molecule has 1 amide bonds. The summed E-state index contributed by atoms with van der Waals surface area (Å²) >= 11 is 1.95. The van der Waals surface area contributed by atoms with Gasteiger partial charge in [0.1, 0.15) is 0 Å². The third-order valence-corrected chi connectivity index (χ3v) is 4.84. The summed E-state index contributed by atoms with van der Waals surface area (Å²) in [4.78, 5) is 14.4. The minimum atomic E-state index is -0.542. The van der Waals surface area contributed by atoms with Gasteiger partial charge in [-0.2, -0.15) is 11.8 Å². The number of nitrogens with zero attached hydrogens (tertiary/aromatic N) is 1. The second kappa shape index (κ2) is 6.30. The van der Waals surface area contributed by atoms with Gasteiger partial charge in [-0.1, -0.05) is 26.2 Å². The molecule has 1 saturated heterocycles. The number of hydrogen-bond acceptors (Lipinski definition) is 3. The van der Waals surface area contributed by atoms with Crippen LogP contribution in [0.4, 0.5) is 0 Å². The lowest BCUT2D eigenvalue weighted by molar-refractivity contribution is -0.138. The Kier molecular flexibility index (Phi) is 5.61. The molecule has 0 bridgehead atoms. The number of halogens is 1. The normalized spacial score (nSPS) is 28.4. The molecular weight excluding hydrogens is 256 g/mol. The highest BCUT2D eigenvalue weighted by Crippen LogP contribution is 2.29. The van der Waals surface area contributed by atoms with E-state index in [-0.39, 0.29) is 18.3 Å². The summed E-state index contributed by atoms with van der Waals surface area (Å²) in [6.45, 7) is 3.95. The molecule has 1 saturated carbocycles. The zero-order valence-corrected chi connectivity index (χ0v) is 12.1. The lowest BCUT2D eigenvalue weighted by Crippen LogP contribution is -2.58. The van der Waals surface area contributed by atoms with Crippen LogP contribution < -0.4 is 5.73 Å². The van der Waals surface area contributed by atoms with Crippen molar-refractivity contribution in [3.05, 3.63) is 0 Å². The van der Waals surface area contributed by atoms with Gasteiger partial charge in [0, 0.05) is 24.1 Å². The largest absolute Gasteiger partial charge is 0.339 e. The van der Waals surface area contributed by atoms with Gasteiger partial charge in [0.25, 0.3) is 0 Å². The van der Waals surface area contributed by atoms with Crippen molar-refractivity contribution in [2.75, 3.05) is 18.8 Å². The molecule has 5 heteroatoms. The fourth-order valence-corrected chi connectivity index (χ4v) is 3.73. The van der Waals surface area contributed by atoms with E-state index in [0.717, 1.165) is 44.5 Å². The van der Waals surface area contributed by atoms with E-state index in [4.69, 9.17) is 5.73 Å². The van der Waals surface area contributed by atoms with E-state index in [1.807, 2.05) is 16.7 Å². The molecule has 1 heterocycles. The lowest BCUT2D eigenvalue weighted by atomic mass is 9.81. The van der Waals surface area contributed by atoms with Crippen molar-refractivity contribution in [1.29, 1.82) is 0 Å². The van der Waals surface area contributed by atoms with E-state index >= 15 is 0 Å². The van der Waals surface area contributed by atoms with E-state index in [0.29, 0.717) is 5.25 Å². The average Bonchev–Trinajstić information content (AvgIpc) is 2.29. The number of carbonyl (C=O) groups is 1. The highest BCUT2D eigenvalue weighted by atomic mass is 35.5. The molecule has 0 aromatic rings. The molecule has 2 aliphatic rings. The Labute approximate surface area is 114 Å². The maximum absolute atomic E-state index is 12.4. The topological polar surface area (TPSA) is 46.3 Å². The molecule has 0 aromatic heterocycles. The molecule has 2 rings (SSSR count). The Morgan fingerprint density at radius 3 is 2.59 bits per heavy atom. The van der Waals surface area contributed by atoms with Crippen LogP contribution in [-0.4, -0.2) is 40.4 Å². The van der Waals surface area contributed by atoms with Crippen LogP contribution in [0.2, 0.25) is 0 Å². The van der Waals surface area contributed by atoms with Gasteiger partial charge in [-0.3, -0.25) is 4.79 Å². The van der Waals surface area contributed by atoms with Crippen LogP contribution in [0.25, 0.3) is 0 Å². The zero-order chi connectivity index (χ0) is 11.6. The highest BCUT2D eigenvalue weighted by molar-refractivity contribution is 7.99. The van der Waals surface area contributed by atoms with Crippen LogP contribution in [-0.2, 0) is 4.79 Å². The number of carbonyl (C=O) groups excluding carboxylic acids is 1. The molecule has 3 nitrogen and oxygen atoms in total. The molecule has 1 unspecified atom stereocenters. The summed E-state index contributed by atoms with van der Waals surface area (Å²) in [5.41, 5.74) is 5.74. The quantitative estimate of drug-likeness (QED) is 0.798. The van der Waals surface area contributed by atoms with Crippen molar-refractivity contribution in [2.45, 2.75) is 49.8 Å². The molecule has 1 aliphatic heterocycles. The number of thioether (sulfide) groups is 1. The second-order valence-corrected chi connectivity index (χ2v) is 6.70. The van der Waals surface area contributed by atoms with E-state index < -0.39 is 5.54 Å². The third kappa shape index (κ3) is 3.52. The number of hydrogen-bond donors (Lipinski definition) is 1. The Hall–Kier alpha value is 0.0700. The Balaban J connectivity index is 0.00000144. The smallest absolute Gasteiger partial charge is 0.242 e. The first-order valence-corrected chi connectivity index (χ1v) is 7.36. The van der Waals surface area contributed by atoms with Gasteiger partial charge in [0.05, 0.1) is 5.54 Å². The van der Waals surface area contributed by atoms with Crippen LogP contribution in [0, 0.1) is 0 Å². The SMILES string of the molecule is CC1CN(C(=O)C2(N)CCCCC2)CCS1.Cl. The molecule has 1 aliphatic carbocycles. The Bertz CT molecular complexity index is 269. The molecule has 0 radical (unpaired) electrons. The lowest BCUT2D eigenvalue weighted by Gasteiger charge is -2.39. The predicted octanol–water partition coefficient (Wildman–Crippen LogP) is 2.03. The summed E-state index contributed by atoms with van der Waals surface area (Å²) in [5, 5.41) is 0.560. The minimum absolute atomic E-state index is 0. The molecule has 17 heavy (non-hydrogen) atoms. The van der Waals surface area contributed by atoms with Gasteiger partial charge >= 0.3 is 0 Å². The average molecular weight is 279 g/mol. The Morgan fingerprint density at radius 2 is 2.00 bits per heavy atom. The van der Waals surface area contributed by atoms with Crippen LogP contribution in [0.1, 0.15) is 39.0 Å². The molecule has 100 valence electrons. The van der Waals surface area contributed by atoms with E-state index in [1.54, 1.807) is 0 Å². The molecule has 2 fully saturated rings. The standard InChI is InChI=1S/C12H22N2OS.ClH/c1-10-9-14(7-8-16-10)11(15)12(13)5-3-2-4-6-12;/h10H,2-9,13H2,1H3;1H. The molecule has 0 aromatic carbocycles. The van der Waals surface area contributed by atoms with Crippen molar-refractivity contribution in [1.82, 2.24) is 4.90 Å². The minimum Gasteiger partial charge on any atom is -0.339 e.